The van der Waals surface area contributed by atoms with Gasteiger partial charge in [-0.1, -0.05) is 18.5 Å². The Morgan fingerprint density at radius 2 is 1.85 bits per heavy atom. The number of anilines is 2. The number of hydrogen-bond acceptors (Lipinski definition) is 5. The summed E-state index contributed by atoms with van der Waals surface area (Å²) in [6.07, 6.45) is 2.92. The lowest BCUT2D eigenvalue weighted by atomic mass is 9.97. The van der Waals surface area contributed by atoms with E-state index in [1.165, 1.54) is 0 Å². The average Bonchev–Trinajstić information content (AvgIpc) is 2.82. The van der Waals surface area contributed by atoms with E-state index in [9.17, 15) is 9.59 Å². The summed E-state index contributed by atoms with van der Waals surface area (Å²) in [6, 6.07) is 12.3. The normalized spacial score (nSPS) is 14.1. The number of nitrogens with zero attached hydrogens (tertiary/aromatic N) is 1. The zero-order chi connectivity index (χ0) is 23.6. The second kappa shape index (κ2) is 12.5. The lowest BCUT2D eigenvalue weighted by Gasteiger charge is -2.33. The van der Waals surface area contributed by atoms with Crippen LogP contribution in [0.1, 0.15) is 36.5 Å². The molecule has 0 aromatic heterocycles. The molecule has 8 heteroatoms. The number of carbonyl (C=O) groups is 2. The molecule has 7 nitrogen and oxygen atoms in total. The predicted octanol–water partition coefficient (Wildman–Crippen LogP) is 4.36. The van der Waals surface area contributed by atoms with Crippen molar-refractivity contribution in [1.82, 2.24) is 5.32 Å². The van der Waals surface area contributed by atoms with E-state index in [-0.39, 0.29) is 18.4 Å². The molecule has 178 valence electrons. The Hall–Kier alpha value is -2.77. The Morgan fingerprint density at radius 3 is 2.55 bits per heavy atom. The van der Waals surface area contributed by atoms with Gasteiger partial charge < -0.3 is 25.0 Å². The number of methoxy groups -OCH3 is 1. The fraction of sp³-hybridized carbons (Fsp3) is 0.440. The van der Waals surface area contributed by atoms with Crippen LogP contribution in [0.5, 0.6) is 5.75 Å². The zero-order valence-corrected chi connectivity index (χ0v) is 20.0. The molecule has 0 unspecified atom stereocenters. The van der Waals surface area contributed by atoms with Crippen LogP contribution < -0.4 is 20.3 Å². The Kier molecular flexibility index (Phi) is 9.39. The monoisotopic (exact) mass is 473 g/mol. The van der Waals surface area contributed by atoms with Crippen LogP contribution in [0.15, 0.2) is 42.5 Å². The summed E-state index contributed by atoms with van der Waals surface area (Å²) in [6.45, 7) is 5.03. The molecule has 2 aromatic carbocycles. The van der Waals surface area contributed by atoms with Crippen molar-refractivity contribution >= 4 is 34.8 Å². The van der Waals surface area contributed by atoms with Crippen LogP contribution in [0, 0.1) is 5.92 Å². The van der Waals surface area contributed by atoms with Crippen LogP contribution in [-0.4, -0.2) is 51.8 Å². The molecule has 0 saturated carbocycles. The molecule has 2 aromatic rings. The van der Waals surface area contributed by atoms with Gasteiger partial charge in [-0.2, -0.15) is 0 Å². The molecule has 33 heavy (non-hydrogen) atoms. The lowest BCUT2D eigenvalue weighted by molar-refractivity contribution is -0.118. The molecule has 2 N–H and O–H groups in total. The maximum Gasteiger partial charge on any atom is 0.262 e. The van der Waals surface area contributed by atoms with Gasteiger partial charge in [0.1, 0.15) is 5.75 Å². The first kappa shape index (κ1) is 24.9. The van der Waals surface area contributed by atoms with E-state index in [0.717, 1.165) is 38.0 Å². The van der Waals surface area contributed by atoms with E-state index in [1.807, 2.05) is 12.1 Å². The minimum absolute atomic E-state index is 0.147. The second-order valence-electron chi connectivity index (χ2n) is 8.29. The van der Waals surface area contributed by atoms with Crippen LogP contribution >= 0.6 is 11.6 Å². The van der Waals surface area contributed by atoms with Crippen molar-refractivity contribution in [2.75, 3.05) is 50.2 Å². The van der Waals surface area contributed by atoms with Gasteiger partial charge in [-0.3, -0.25) is 9.59 Å². The molecule has 1 aliphatic rings. The highest BCUT2D eigenvalue weighted by atomic mass is 35.5. The summed E-state index contributed by atoms with van der Waals surface area (Å²) < 4.78 is 10.6. The molecule has 1 heterocycles. The van der Waals surface area contributed by atoms with Gasteiger partial charge in [0, 0.05) is 49.7 Å². The first-order chi connectivity index (χ1) is 16.0. The summed E-state index contributed by atoms with van der Waals surface area (Å²) in [4.78, 5) is 27.6. The molecule has 1 fully saturated rings. The topological polar surface area (TPSA) is 79.9 Å². The van der Waals surface area contributed by atoms with Crippen molar-refractivity contribution in [3.63, 3.8) is 0 Å². The van der Waals surface area contributed by atoms with E-state index in [4.69, 9.17) is 21.1 Å². The highest BCUT2D eigenvalue weighted by Crippen LogP contribution is 2.29. The van der Waals surface area contributed by atoms with Crippen molar-refractivity contribution in [2.45, 2.75) is 26.2 Å². The van der Waals surface area contributed by atoms with Gasteiger partial charge in [-0.05, 0) is 67.6 Å². The van der Waals surface area contributed by atoms with Crippen molar-refractivity contribution in [3.8, 4) is 5.75 Å². The molecule has 2 amide bonds. The van der Waals surface area contributed by atoms with Crippen molar-refractivity contribution in [3.05, 3.63) is 53.1 Å². The minimum atomic E-state index is -0.309. The standard InChI is InChI=1S/C25H32ClN3O4/c1-18-10-13-29(14-11-18)23-9-6-20(16-22(23)25(31)27-12-3-15-32-2)28-24(30)17-33-21-7-4-19(26)5-8-21/h4-9,16,18H,3,10-15,17H2,1-2H3,(H,27,31)(H,28,30). The predicted molar refractivity (Wildman–Crippen MR) is 131 cm³/mol. The number of carbonyl (C=O) groups excluding carboxylic acids is 2. The first-order valence-electron chi connectivity index (χ1n) is 11.3. The second-order valence-corrected chi connectivity index (χ2v) is 8.73. The summed E-state index contributed by atoms with van der Waals surface area (Å²) in [7, 11) is 1.64. The number of benzene rings is 2. The molecular formula is C25H32ClN3O4. The van der Waals surface area contributed by atoms with Crippen LogP contribution in [-0.2, 0) is 9.53 Å². The van der Waals surface area contributed by atoms with Crippen LogP contribution in [0.4, 0.5) is 11.4 Å². The van der Waals surface area contributed by atoms with Gasteiger partial charge in [0.15, 0.2) is 6.61 Å². The third-order valence-electron chi connectivity index (χ3n) is 5.64. The quantitative estimate of drug-likeness (QED) is 0.501. The molecule has 0 bridgehead atoms. The number of hydrogen-bond donors (Lipinski definition) is 2. The molecule has 3 rings (SSSR count). The Bertz CT molecular complexity index is 928. The number of halogens is 1. The van der Waals surface area contributed by atoms with Crippen molar-refractivity contribution < 1.29 is 19.1 Å². The summed E-state index contributed by atoms with van der Waals surface area (Å²) in [5.41, 5.74) is 2.00. The molecule has 0 radical (unpaired) electrons. The van der Waals surface area contributed by atoms with E-state index < -0.39 is 0 Å². The van der Waals surface area contributed by atoms with Gasteiger partial charge >= 0.3 is 0 Å². The number of rotatable bonds is 10. The maximum absolute atomic E-state index is 13.0. The molecule has 1 aliphatic heterocycles. The summed E-state index contributed by atoms with van der Waals surface area (Å²) in [5, 5.41) is 6.38. The van der Waals surface area contributed by atoms with Gasteiger partial charge in [0.25, 0.3) is 11.8 Å². The Morgan fingerprint density at radius 1 is 1.12 bits per heavy atom. The van der Waals surface area contributed by atoms with Crippen molar-refractivity contribution in [1.29, 1.82) is 0 Å². The van der Waals surface area contributed by atoms with Crippen LogP contribution in [0.3, 0.4) is 0 Å². The fourth-order valence-corrected chi connectivity index (χ4v) is 3.84. The molecule has 1 saturated heterocycles. The van der Waals surface area contributed by atoms with E-state index in [1.54, 1.807) is 37.4 Å². The van der Waals surface area contributed by atoms with Crippen molar-refractivity contribution in [2.24, 2.45) is 5.92 Å². The summed E-state index contributed by atoms with van der Waals surface area (Å²) in [5.74, 6) is 0.774. The molecule has 0 aliphatic carbocycles. The average molecular weight is 474 g/mol. The fourth-order valence-electron chi connectivity index (χ4n) is 3.71. The van der Waals surface area contributed by atoms with Gasteiger partial charge in [-0.25, -0.2) is 0 Å². The number of piperidine rings is 1. The smallest absolute Gasteiger partial charge is 0.262 e. The summed E-state index contributed by atoms with van der Waals surface area (Å²) >= 11 is 5.87. The number of nitrogens with one attached hydrogen (secondary N) is 2. The SMILES string of the molecule is COCCCNC(=O)c1cc(NC(=O)COc2ccc(Cl)cc2)ccc1N1CCC(C)CC1. The first-order valence-corrected chi connectivity index (χ1v) is 11.7. The number of ether oxygens (including phenoxy) is 2. The molecular weight excluding hydrogens is 442 g/mol. The third-order valence-corrected chi connectivity index (χ3v) is 5.90. The third kappa shape index (κ3) is 7.65. The maximum atomic E-state index is 13.0. The largest absolute Gasteiger partial charge is 0.484 e. The molecule has 0 spiro atoms. The lowest BCUT2D eigenvalue weighted by Crippen LogP contribution is -2.35. The van der Waals surface area contributed by atoms with E-state index >= 15 is 0 Å². The highest BCUT2D eigenvalue weighted by molar-refractivity contribution is 6.30. The zero-order valence-electron chi connectivity index (χ0n) is 19.2. The van der Waals surface area contributed by atoms with E-state index in [2.05, 4.69) is 22.5 Å². The Balaban J connectivity index is 1.68. The number of amides is 2. The van der Waals surface area contributed by atoms with Crippen LogP contribution in [0.25, 0.3) is 0 Å². The molecule has 0 atom stereocenters. The van der Waals surface area contributed by atoms with Gasteiger partial charge in [0.05, 0.1) is 5.56 Å². The van der Waals surface area contributed by atoms with E-state index in [0.29, 0.717) is 41.1 Å². The van der Waals surface area contributed by atoms with Gasteiger partial charge in [-0.15, -0.1) is 0 Å². The minimum Gasteiger partial charge on any atom is -0.484 e. The highest BCUT2D eigenvalue weighted by Gasteiger charge is 2.22. The van der Waals surface area contributed by atoms with Gasteiger partial charge in [0.2, 0.25) is 0 Å². The Labute approximate surface area is 200 Å². The van der Waals surface area contributed by atoms with Crippen LogP contribution in [0.2, 0.25) is 5.02 Å².